The van der Waals surface area contributed by atoms with Crippen molar-refractivity contribution in [3.05, 3.63) is 68.4 Å². The SMILES string of the molecule is CNC(Cc1ccc(Br)cc1Cl)c1ccc(C)cc1F. The number of aryl methyl sites for hydroxylation is 1. The summed E-state index contributed by atoms with van der Waals surface area (Å²) in [7, 11) is 1.83. The Balaban J connectivity index is 2.28. The molecule has 0 saturated carbocycles. The van der Waals surface area contributed by atoms with Crippen LogP contribution in [0.25, 0.3) is 0 Å². The third kappa shape index (κ3) is 3.60. The molecule has 1 nitrogen and oxygen atoms in total. The van der Waals surface area contributed by atoms with Gasteiger partial charge in [-0.3, -0.25) is 0 Å². The number of hydrogen-bond donors (Lipinski definition) is 1. The van der Waals surface area contributed by atoms with Gasteiger partial charge in [0.2, 0.25) is 0 Å². The molecule has 0 heterocycles. The Bertz CT molecular complexity index is 615. The van der Waals surface area contributed by atoms with Crippen molar-refractivity contribution in [1.29, 1.82) is 0 Å². The van der Waals surface area contributed by atoms with E-state index in [1.165, 1.54) is 0 Å². The van der Waals surface area contributed by atoms with Gasteiger partial charge in [0, 0.05) is 21.1 Å². The fourth-order valence-electron chi connectivity index (χ4n) is 2.19. The second-order valence-electron chi connectivity index (χ2n) is 4.81. The number of benzene rings is 2. The monoisotopic (exact) mass is 355 g/mol. The molecule has 0 bridgehead atoms. The summed E-state index contributed by atoms with van der Waals surface area (Å²) in [5.74, 6) is -0.183. The van der Waals surface area contributed by atoms with E-state index < -0.39 is 0 Å². The molecule has 2 aromatic rings. The van der Waals surface area contributed by atoms with E-state index in [1.54, 1.807) is 6.07 Å². The van der Waals surface area contributed by atoms with Crippen LogP contribution in [0.5, 0.6) is 0 Å². The Morgan fingerprint density at radius 3 is 2.60 bits per heavy atom. The average Bonchev–Trinajstić information content (AvgIpc) is 2.39. The molecule has 20 heavy (non-hydrogen) atoms. The van der Waals surface area contributed by atoms with E-state index >= 15 is 0 Å². The normalized spacial score (nSPS) is 12.4. The topological polar surface area (TPSA) is 12.0 Å². The van der Waals surface area contributed by atoms with Crippen molar-refractivity contribution in [3.8, 4) is 0 Å². The van der Waals surface area contributed by atoms with Crippen LogP contribution in [0, 0.1) is 12.7 Å². The molecule has 1 unspecified atom stereocenters. The molecule has 4 heteroatoms. The summed E-state index contributed by atoms with van der Waals surface area (Å²) in [6, 6.07) is 11.0. The van der Waals surface area contributed by atoms with Gasteiger partial charge in [0.25, 0.3) is 0 Å². The first-order valence-electron chi connectivity index (χ1n) is 6.38. The Labute approximate surface area is 132 Å². The maximum atomic E-state index is 14.1. The molecule has 106 valence electrons. The van der Waals surface area contributed by atoms with E-state index in [1.807, 2.05) is 44.3 Å². The van der Waals surface area contributed by atoms with E-state index in [9.17, 15) is 4.39 Å². The van der Waals surface area contributed by atoms with Crippen molar-refractivity contribution >= 4 is 27.5 Å². The summed E-state index contributed by atoms with van der Waals surface area (Å²) >= 11 is 9.62. The molecule has 0 radical (unpaired) electrons. The van der Waals surface area contributed by atoms with Gasteiger partial charge in [-0.05, 0) is 49.7 Å². The minimum Gasteiger partial charge on any atom is -0.313 e. The number of rotatable bonds is 4. The first-order valence-corrected chi connectivity index (χ1v) is 7.55. The minimum absolute atomic E-state index is 0.103. The van der Waals surface area contributed by atoms with E-state index in [0.29, 0.717) is 17.0 Å². The molecule has 1 N–H and O–H groups in total. The van der Waals surface area contributed by atoms with Crippen LogP contribution in [0.2, 0.25) is 5.02 Å². The fraction of sp³-hybridized carbons (Fsp3) is 0.250. The molecule has 0 aromatic heterocycles. The third-order valence-electron chi connectivity index (χ3n) is 3.32. The minimum atomic E-state index is -0.183. The third-order valence-corrected chi connectivity index (χ3v) is 4.16. The lowest BCUT2D eigenvalue weighted by atomic mass is 9.97. The highest BCUT2D eigenvalue weighted by Gasteiger charge is 2.16. The van der Waals surface area contributed by atoms with Gasteiger partial charge < -0.3 is 5.32 Å². The van der Waals surface area contributed by atoms with Gasteiger partial charge in [0.1, 0.15) is 5.82 Å². The van der Waals surface area contributed by atoms with Gasteiger partial charge in [-0.15, -0.1) is 0 Å². The van der Waals surface area contributed by atoms with E-state index in [4.69, 9.17) is 11.6 Å². The molecule has 0 aliphatic heterocycles. The van der Waals surface area contributed by atoms with Crippen LogP contribution < -0.4 is 5.32 Å². The predicted molar refractivity (Wildman–Crippen MR) is 85.8 cm³/mol. The molecular formula is C16H16BrClFN. The zero-order valence-corrected chi connectivity index (χ0v) is 13.7. The molecule has 0 amide bonds. The molecule has 2 aromatic carbocycles. The molecule has 0 aliphatic carbocycles. The highest BCUT2D eigenvalue weighted by molar-refractivity contribution is 9.10. The largest absolute Gasteiger partial charge is 0.313 e. The first kappa shape index (κ1) is 15.5. The van der Waals surface area contributed by atoms with Crippen molar-refractivity contribution in [1.82, 2.24) is 5.32 Å². The second-order valence-corrected chi connectivity index (χ2v) is 6.13. The number of likely N-dealkylation sites (N-methyl/N-ethyl adjacent to an activating group) is 1. The zero-order chi connectivity index (χ0) is 14.7. The van der Waals surface area contributed by atoms with Gasteiger partial charge in [-0.25, -0.2) is 4.39 Å². The highest BCUT2D eigenvalue weighted by Crippen LogP contribution is 2.27. The summed E-state index contributed by atoms with van der Waals surface area (Å²) in [4.78, 5) is 0. The smallest absolute Gasteiger partial charge is 0.128 e. The lowest BCUT2D eigenvalue weighted by Crippen LogP contribution is -2.20. The van der Waals surface area contributed by atoms with Crippen LogP contribution in [0.3, 0.4) is 0 Å². The summed E-state index contributed by atoms with van der Waals surface area (Å²) in [5.41, 5.74) is 2.58. The lowest BCUT2D eigenvalue weighted by Gasteiger charge is -2.18. The number of hydrogen-bond acceptors (Lipinski definition) is 1. The van der Waals surface area contributed by atoms with Crippen molar-refractivity contribution in [2.45, 2.75) is 19.4 Å². The highest BCUT2D eigenvalue weighted by atomic mass is 79.9. The van der Waals surface area contributed by atoms with Crippen molar-refractivity contribution < 1.29 is 4.39 Å². The van der Waals surface area contributed by atoms with Crippen LogP contribution in [0.1, 0.15) is 22.7 Å². The molecule has 0 aliphatic rings. The Morgan fingerprint density at radius 2 is 2.00 bits per heavy atom. The van der Waals surface area contributed by atoms with Crippen LogP contribution in [0.4, 0.5) is 4.39 Å². The molecular weight excluding hydrogens is 341 g/mol. The average molecular weight is 357 g/mol. The summed E-state index contributed by atoms with van der Waals surface area (Å²) in [6.07, 6.45) is 0.641. The Kier molecular flexibility index (Phi) is 5.19. The van der Waals surface area contributed by atoms with Gasteiger partial charge >= 0.3 is 0 Å². The summed E-state index contributed by atoms with van der Waals surface area (Å²) in [5, 5.41) is 3.85. The molecule has 0 spiro atoms. The Hall–Kier alpha value is -0.900. The molecule has 0 saturated heterocycles. The van der Waals surface area contributed by atoms with Crippen LogP contribution >= 0.6 is 27.5 Å². The van der Waals surface area contributed by atoms with Gasteiger partial charge in [-0.2, -0.15) is 0 Å². The van der Waals surface area contributed by atoms with Crippen molar-refractivity contribution in [3.63, 3.8) is 0 Å². The first-order chi connectivity index (χ1) is 9.51. The van der Waals surface area contributed by atoms with Gasteiger partial charge in [-0.1, -0.05) is 45.7 Å². The van der Waals surface area contributed by atoms with Gasteiger partial charge in [0.05, 0.1) is 0 Å². The number of nitrogens with one attached hydrogen (secondary N) is 1. The van der Waals surface area contributed by atoms with E-state index in [0.717, 1.165) is 15.6 Å². The molecule has 0 fully saturated rings. The standard InChI is InChI=1S/C16H16BrClFN/c1-10-3-6-13(15(19)7-10)16(20-2)8-11-4-5-12(17)9-14(11)18/h3-7,9,16,20H,8H2,1-2H3. The van der Waals surface area contributed by atoms with Crippen molar-refractivity contribution in [2.24, 2.45) is 0 Å². The molecule has 2 rings (SSSR count). The van der Waals surface area contributed by atoms with Crippen LogP contribution in [-0.4, -0.2) is 7.05 Å². The van der Waals surface area contributed by atoms with E-state index in [2.05, 4.69) is 21.2 Å². The number of halogens is 3. The predicted octanol–water partition coefficient (Wildman–Crippen LogP) is 5.05. The van der Waals surface area contributed by atoms with Gasteiger partial charge in [0.15, 0.2) is 0 Å². The molecule has 1 atom stereocenters. The van der Waals surface area contributed by atoms with E-state index in [-0.39, 0.29) is 11.9 Å². The Morgan fingerprint density at radius 1 is 1.25 bits per heavy atom. The fourth-order valence-corrected chi connectivity index (χ4v) is 2.94. The van der Waals surface area contributed by atoms with Crippen molar-refractivity contribution in [2.75, 3.05) is 7.05 Å². The maximum absolute atomic E-state index is 14.1. The second kappa shape index (κ2) is 6.70. The maximum Gasteiger partial charge on any atom is 0.128 e. The quantitative estimate of drug-likeness (QED) is 0.808. The van der Waals surface area contributed by atoms with Crippen LogP contribution in [0.15, 0.2) is 40.9 Å². The lowest BCUT2D eigenvalue weighted by molar-refractivity contribution is 0.533. The zero-order valence-electron chi connectivity index (χ0n) is 11.4. The summed E-state index contributed by atoms with van der Waals surface area (Å²) < 4.78 is 15.0. The van der Waals surface area contributed by atoms with Crippen LogP contribution in [-0.2, 0) is 6.42 Å². The summed E-state index contributed by atoms with van der Waals surface area (Å²) in [6.45, 7) is 1.88.